The molecule has 0 amide bonds. The second-order valence-corrected chi connectivity index (χ2v) is 12.3. The normalized spacial score (nSPS) is 11.7. The van der Waals surface area contributed by atoms with Gasteiger partial charge in [-0.15, -0.1) is 0 Å². The summed E-state index contributed by atoms with van der Waals surface area (Å²) in [6.07, 6.45) is 10.7. The lowest BCUT2D eigenvalue weighted by Gasteiger charge is -2.30. The lowest BCUT2D eigenvalue weighted by molar-refractivity contribution is 1.11. The van der Waals surface area contributed by atoms with E-state index < -0.39 is 0 Å². The van der Waals surface area contributed by atoms with Gasteiger partial charge in [-0.05, 0) is 98.3 Å². The lowest BCUT2D eigenvalue weighted by Crippen LogP contribution is -2.13. The third-order valence-corrected chi connectivity index (χ3v) is 9.16. The number of fused-ring (bicyclic) bond motifs is 2. The Balaban J connectivity index is 1.53. The van der Waals surface area contributed by atoms with Crippen molar-refractivity contribution in [3.8, 4) is 16.8 Å². The Kier molecular flexibility index (Phi) is 8.40. The van der Waals surface area contributed by atoms with Gasteiger partial charge in [0.05, 0.1) is 16.9 Å². The average molecular weight is 621 g/mol. The fraction of sp³-hybridized carbons (Fsp3) is 0.0870. The van der Waals surface area contributed by atoms with Gasteiger partial charge in [0.2, 0.25) is 0 Å². The minimum atomic E-state index is 1.08. The molecule has 0 saturated heterocycles. The Hall–Kier alpha value is -5.86. The van der Waals surface area contributed by atoms with Gasteiger partial charge < -0.3 is 9.47 Å². The molecular formula is C46H40N2. The van der Waals surface area contributed by atoms with E-state index in [1.165, 1.54) is 49.7 Å². The molecule has 234 valence electrons. The zero-order valence-electron chi connectivity index (χ0n) is 28.1. The minimum Gasteiger partial charge on any atom is -0.309 e. The summed E-state index contributed by atoms with van der Waals surface area (Å²) >= 11 is 0. The summed E-state index contributed by atoms with van der Waals surface area (Å²) in [6.45, 7) is 12.8. The van der Waals surface area contributed by atoms with Gasteiger partial charge in [-0.3, -0.25) is 0 Å². The van der Waals surface area contributed by atoms with E-state index in [0.29, 0.717) is 0 Å². The average Bonchev–Trinajstić information content (AvgIpc) is 3.43. The predicted molar refractivity (Wildman–Crippen MR) is 210 cm³/mol. The van der Waals surface area contributed by atoms with Crippen molar-refractivity contribution in [3.05, 3.63) is 174 Å². The number of aryl methyl sites for hydroxylation is 2. The van der Waals surface area contributed by atoms with Crippen molar-refractivity contribution in [2.45, 2.75) is 27.7 Å². The van der Waals surface area contributed by atoms with Gasteiger partial charge in [0.25, 0.3) is 0 Å². The van der Waals surface area contributed by atoms with Crippen LogP contribution in [0.4, 0.5) is 17.1 Å². The van der Waals surface area contributed by atoms with E-state index in [2.05, 4.69) is 195 Å². The van der Waals surface area contributed by atoms with Crippen LogP contribution in [0.1, 0.15) is 41.8 Å². The number of benzene rings is 6. The Labute approximate surface area is 284 Å². The maximum absolute atomic E-state index is 4.25. The monoisotopic (exact) mass is 620 g/mol. The Morgan fingerprint density at radius 2 is 1.23 bits per heavy atom. The van der Waals surface area contributed by atoms with Gasteiger partial charge in [0.1, 0.15) is 0 Å². The lowest BCUT2D eigenvalue weighted by atomic mass is 9.96. The Morgan fingerprint density at radius 1 is 0.604 bits per heavy atom. The van der Waals surface area contributed by atoms with E-state index in [0.717, 1.165) is 33.8 Å². The summed E-state index contributed by atoms with van der Waals surface area (Å²) in [5.41, 5.74) is 14.0. The minimum absolute atomic E-state index is 1.08. The molecule has 0 fully saturated rings. The molecule has 0 N–H and O–H groups in total. The van der Waals surface area contributed by atoms with Gasteiger partial charge in [0.15, 0.2) is 0 Å². The van der Waals surface area contributed by atoms with Gasteiger partial charge in [-0.1, -0.05) is 121 Å². The number of allylic oxidation sites excluding steroid dienone is 2. The number of hydrogen-bond acceptors (Lipinski definition) is 1. The molecule has 0 unspecified atom stereocenters. The van der Waals surface area contributed by atoms with Gasteiger partial charge in [0, 0.05) is 39.0 Å². The number of rotatable bonds is 8. The van der Waals surface area contributed by atoms with Crippen molar-refractivity contribution in [2.75, 3.05) is 4.90 Å². The Morgan fingerprint density at radius 3 is 1.92 bits per heavy atom. The van der Waals surface area contributed by atoms with Crippen molar-refractivity contribution < 1.29 is 0 Å². The fourth-order valence-electron chi connectivity index (χ4n) is 6.92. The molecule has 0 radical (unpaired) electrons. The van der Waals surface area contributed by atoms with E-state index in [9.17, 15) is 0 Å². The highest BCUT2D eigenvalue weighted by Gasteiger charge is 2.22. The molecule has 0 saturated carbocycles. The van der Waals surface area contributed by atoms with Crippen molar-refractivity contribution >= 4 is 57.0 Å². The molecule has 0 bridgehead atoms. The standard InChI is InChI=1S/C46H40N2/c1-6-14-40-33(5)30-36-16-12-13-19-41(36)46(40)47(38-26-24-35(25-27-38)34-22-20-32(4)21-23-34)39-28-29-45-43(31-39)42(15-7-2)44(8-3)48(45)37-17-10-9-11-18-37/h6-31H,3H2,1-2,4-5H3/b14-6-,15-7-. The number of anilines is 3. The molecule has 0 aliphatic heterocycles. The van der Waals surface area contributed by atoms with Gasteiger partial charge in [-0.2, -0.15) is 0 Å². The SMILES string of the molecule is C=Cc1c(/C=C\C)c2cc(N(c3ccc(-c4ccc(C)cc4)cc3)c3c(/C=C\C)c(C)cc4ccccc34)ccc2n1-c1ccccc1. The largest absolute Gasteiger partial charge is 0.309 e. The Bertz CT molecular complexity index is 2320. The third kappa shape index (κ3) is 5.46. The maximum Gasteiger partial charge on any atom is 0.0614 e. The van der Waals surface area contributed by atoms with Crippen LogP contribution in [-0.2, 0) is 0 Å². The van der Waals surface area contributed by atoms with Crippen LogP contribution in [0, 0.1) is 13.8 Å². The second kappa shape index (κ2) is 13.1. The summed E-state index contributed by atoms with van der Waals surface area (Å²) in [4.78, 5) is 2.44. The van der Waals surface area contributed by atoms with Crippen LogP contribution in [-0.4, -0.2) is 4.57 Å². The molecular weight excluding hydrogens is 581 g/mol. The zero-order chi connectivity index (χ0) is 33.2. The second-order valence-electron chi connectivity index (χ2n) is 12.3. The molecule has 2 nitrogen and oxygen atoms in total. The molecule has 48 heavy (non-hydrogen) atoms. The van der Waals surface area contributed by atoms with Crippen molar-refractivity contribution in [2.24, 2.45) is 0 Å². The highest BCUT2D eigenvalue weighted by Crippen LogP contribution is 2.45. The number of hydrogen-bond donors (Lipinski definition) is 0. The quantitative estimate of drug-likeness (QED) is 0.164. The van der Waals surface area contributed by atoms with Crippen molar-refractivity contribution in [1.82, 2.24) is 4.57 Å². The summed E-state index contributed by atoms with van der Waals surface area (Å²) in [6, 6.07) is 46.2. The first-order valence-electron chi connectivity index (χ1n) is 16.6. The van der Waals surface area contributed by atoms with E-state index in [1.807, 2.05) is 6.08 Å². The molecule has 7 rings (SSSR count). The first kappa shape index (κ1) is 30.8. The highest BCUT2D eigenvalue weighted by molar-refractivity contribution is 6.05. The molecule has 1 heterocycles. The third-order valence-electron chi connectivity index (χ3n) is 9.16. The van der Waals surface area contributed by atoms with E-state index >= 15 is 0 Å². The molecule has 7 aromatic rings. The van der Waals surface area contributed by atoms with Gasteiger partial charge in [-0.25, -0.2) is 0 Å². The molecule has 0 atom stereocenters. The first-order chi connectivity index (χ1) is 23.5. The van der Waals surface area contributed by atoms with Crippen LogP contribution in [0.15, 0.2) is 146 Å². The van der Waals surface area contributed by atoms with E-state index in [4.69, 9.17) is 0 Å². The maximum atomic E-state index is 4.25. The smallest absolute Gasteiger partial charge is 0.0614 e. The molecule has 0 spiro atoms. The molecule has 1 aromatic heterocycles. The first-order valence-corrected chi connectivity index (χ1v) is 16.6. The van der Waals surface area contributed by atoms with Crippen molar-refractivity contribution in [3.63, 3.8) is 0 Å². The molecule has 6 aromatic carbocycles. The summed E-state index contributed by atoms with van der Waals surface area (Å²) < 4.78 is 2.31. The summed E-state index contributed by atoms with van der Waals surface area (Å²) in [7, 11) is 0. The van der Waals surface area contributed by atoms with Crippen LogP contribution >= 0.6 is 0 Å². The van der Waals surface area contributed by atoms with Crippen LogP contribution in [0.2, 0.25) is 0 Å². The topological polar surface area (TPSA) is 8.17 Å². The zero-order valence-corrected chi connectivity index (χ0v) is 28.1. The van der Waals surface area contributed by atoms with Crippen LogP contribution in [0.25, 0.3) is 56.7 Å². The molecule has 2 heteroatoms. The van der Waals surface area contributed by atoms with Gasteiger partial charge >= 0.3 is 0 Å². The summed E-state index contributed by atoms with van der Waals surface area (Å²) in [5.74, 6) is 0. The predicted octanol–water partition coefficient (Wildman–Crippen LogP) is 13.2. The molecule has 0 aliphatic carbocycles. The van der Waals surface area contributed by atoms with Crippen LogP contribution < -0.4 is 4.90 Å². The van der Waals surface area contributed by atoms with Crippen LogP contribution in [0.3, 0.4) is 0 Å². The highest BCUT2D eigenvalue weighted by atomic mass is 15.1. The number of nitrogens with zero attached hydrogens (tertiary/aromatic N) is 2. The fourth-order valence-corrected chi connectivity index (χ4v) is 6.92. The number of aromatic nitrogens is 1. The summed E-state index contributed by atoms with van der Waals surface area (Å²) in [5, 5.41) is 3.61. The van der Waals surface area contributed by atoms with E-state index in [-0.39, 0.29) is 0 Å². The molecule has 0 aliphatic rings. The number of para-hydroxylation sites is 1. The van der Waals surface area contributed by atoms with Crippen LogP contribution in [0.5, 0.6) is 0 Å². The van der Waals surface area contributed by atoms with Crippen molar-refractivity contribution in [1.29, 1.82) is 0 Å². The van der Waals surface area contributed by atoms with E-state index in [1.54, 1.807) is 0 Å².